The maximum Gasteiger partial charge on any atom is 0.323 e. The second-order valence-electron chi connectivity index (χ2n) is 4.13. The minimum atomic E-state index is -1.29. The number of carboxylic acid groups (broad SMARTS) is 1. The number of hydrogen-bond acceptors (Lipinski definition) is 3. The largest absolute Gasteiger partial charge is 0.480 e. The molecule has 0 amide bonds. The van der Waals surface area contributed by atoms with Crippen LogP contribution in [0.2, 0.25) is 0 Å². The van der Waals surface area contributed by atoms with Crippen molar-refractivity contribution in [3.8, 4) is 0 Å². The van der Waals surface area contributed by atoms with Gasteiger partial charge < -0.3 is 15.9 Å². The number of carboxylic acids is 1. The predicted molar refractivity (Wildman–Crippen MR) is 61.1 cm³/mol. The number of carbonyl (C=O) groups is 1. The lowest BCUT2D eigenvalue weighted by Crippen LogP contribution is -2.36. The Labute approximate surface area is 94.7 Å². The van der Waals surface area contributed by atoms with E-state index in [1.54, 1.807) is 12.1 Å². The first-order valence-corrected chi connectivity index (χ1v) is 5.19. The van der Waals surface area contributed by atoms with Crippen LogP contribution in [0.25, 0.3) is 0 Å². The molecule has 0 spiro atoms. The fraction of sp³-hybridized carbons (Fsp3) is 0.417. The lowest BCUT2D eigenvalue weighted by Gasteiger charge is -2.16. The van der Waals surface area contributed by atoms with Gasteiger partial charge in [-0.05, 0) is 17.0 Å². The van der Waals surface area contributed by atoms with Gasteiger partial charge in [0.05, 0.1) is 0 Å². The predicted octanol–water partition coefficient (Wildman–Crippen LogP) is 1.26. The summed E-state index contributed by atoms with van der Waals surface area (Å²) >= 11 is 0. The SMILES string of the molecule is CC(C)c1ccc(C(O)C(N)C(=O)O)cc1. The number of aliphatic carboxylic acids is 1. The maximum absolute atomic E-state index is 10.6. The van der Waals surface area contributed by atoms with Gasteiger partial charge in [0.15, 0.2) is 0 Å². The zero-order valence-corrected chi connectivity index (χ0v) is 9.42. The van der Waals surface area contributed by atoms with Gasteiger partial charge >= 0.3 is 5.97 Å². The Morgan fingerprint density at radius 3 is 2.00 bits per heavy atom. The summed E-state index contributed by atoms with van der Waals surface area (Å²) in [7, 11) is 0. The molecule has 88 valence electrons. The molecule has 1 aromatic carbocycles. The molecule has 0 aliphatic heterocycles. The zero-order valence-electron chi connectivity index (χ0n) is 9.42. The average molecular weight is 223 g/mol. The Hall–Kier alpha value is -1.39. The summed E-state index contributed by atoms with van der Waals surface area (Å²) in [5.74, 6) is -0.806. The molecule has 0 aromatic heterocycles. The van der Waals surface area contributed by atoms with Gasteiger partial charge in [0.1, 0.15) is 12.1 Å². The standard InChI is InChI=1S/C12H17NO3/c1-7(2)8-3-5-9(6-4-8)11(14)10(13)12(15)16/h3-7,10-11,14H,13H2,1-2H3,(H,15,16). The number of benzene rings is 1. The van der Waals surface area contributed by atoms with E-state index in [0.29, 0.717) is 11.5 Å². The van der Waals surface area contributed by atoms with E-state index >= 15 is 0 Å². The van der Waals surface area contributed by atoms with Crippen molar-refractivity contribution in [2.75, 3.05) is 0 Å². The van der Waals surface area contributed by atoms with Gasteiger partial charge in [0.25, 0.3) is 0 Å². The number of nitrogens with two attached hydrogens (primary N) is 1. The first-order valence-electron chi connectivity index (χ1n) is 5.19. The highest BCUT2D eigenvalue weighted by Gasteiger charge is 2.23. The number of hydrogen-bond donors (Lipinski definition) is 3. The minimum Gasteiger partial charge on any atom is -0.480 e. The van der Waals surface area contributed by atoms with Gasteiger partial charge in [-0.3, -0.25) is 4.79 Å². The number of aliphatic hydroxyl groups excluding tert-OH is 1. The molecule has 1 rings (SSSR count). The van der Waals surface area contributed by atoms with Crippen LogP contribution in [0, 0.1) is 0 Å². The summed E-state index contributed by atoms with van der Waals surface area (Å²) < 4.78 is 0. The highest BCUT2D eigenvalue weighted by Crippen LogP contribution is 2.20. The topological polar surface area (TPSA) is 83.5 Å². The van der Waals surface area contributed by atoms with Gasteiger partial charge in [-0.1, -0.05) is 38.1 Å². The van der Waals surface area contributed by atoms with Crippen LogP contribution in [0.1, 0.15) is 37.0 Å². The van der Waals surface area contributed by atoms with Crippen molar-refractivity contribution >= 4 is 5.97 Å². The molecule has 0 saturated carbocycles. The van der Waals surface area contributed by atoms with E-state index in [0.717, 1.165) is 5.56 Å². The van der Waals surface area contributed by atoms with Crippen LogP contribution in [-0.2, 0) is 4.79 Å². The van der Waals surface area contributed by atoms with E-state index in [4.69, 9.17) is 10.8 Å². The van der Waals surface area contributed by atoms with Gasteiger partial charge in [-0.25, -0.2) is 0 Å². The Bertz CT molecular complexity index is 359. The Balaban J connectivity index is 2.85. The molecular weight excluding hydrogens is 206 g/mol. The third-order valence-corrected chi connectivity index (χ3v) is 2.57. The van der Waals surface area contributed by atoms with Crippen LogP contribution < -0.4 is 5.73 Å². The van der Waals surface area contributed by atoms with Crippen molar-refractivity contribution in [3.05, 3.63) is 35.4 Å². The molecule has 0 aliphatic rings. The van der Waals surface area contributed by atoms with Crippen LogP contribution in [0.4, 0.5) is 0 Å². The van der Waals surface area contributed by atoms with E-state index in [1.165, 1.54) is 0 Å². The maximum atomic E-state index is 10.6. The van der Waals surface area contributed by atoms with Crippen molar-refractivity contribution in [1.29, 1.82) is 0 Å². The summed E-state index contributed by atoms with van der Waals surface area (Å²) in [5.41, 5.74) is 7.01. The smallest absolute Gasteiger partial charge is 0.323 e. The van der Waals surface area contributed by atoms with Crippen LogP contribution >= 0.6 is 0 Å². The quantitative estimate of drug-likeness (QED) is 0.717. The summed E-state index contributed by atoms with van der Waals surface area (Å²) in [5, 5.41) is 18.4. The monoisotopic (exact) mass is 223 g/mol. The molecule has 0 saturated heterocycles. The third kappa shape index (κ3) is 2.81. The van der Waals surface area contributed by atoms with Crippen molar-refractivity contribution < 1.29 is 15.0 Å². The van der Waals surface area contributed by atoms with Crippen LogP contribution in [-0.4, -0.2) is 22.2 Å². The van der Waals surface area contributed by atoms with Crippen molar-refractivity contribution in [2.45, 2.75) is 31.9 Å². The normalized spacial score (nSPS) is 14.8. The molecule has 0 aliphatic carbocycles. The molecular formula is C12H17NO3. The van der Waals surface area contributed by atoms with Crippen LogP contribution in [0.3, 0.4) is 0 Å². The van der Waals surface area contributed by atoms with E-state index in [2.05, 4.69) is 13.8 Å². The highest BCUT2D eigenvalue weighted by atomic mass is 16.4. The molecule has 4 N–H and O–H groups in total. The van der Waals surface area contributed by atoms with E-state index in [-0.39, 0.29) is 0 Å². The Morgan fingerprint density at radius 2 is 1.62 bits per heavy atom. The molecule has 16 heavy (non-hydrogen) atoms. The van der Waals surface area contributed by atoms with Crippen LogP contribution in [0.15, 0.2) is 24.3 Å². The summed E-state index contributed by atoms with van der Waals surface area (Å²) in [6.45, 7) is 4.13. The second kappa shape index (κ2) is 5.09. The molecule has 2 unspecified atom stereocenters. The summed E-state index contributed by atoms with van der Waals surface area (Å²) in [4.78, 5) is 10.6. The van der Waals surface area contributed by atoms with Gasteiger partial charge in [-0.15, -0.1) is 0 Å². The fourth-order valence-electron chi connectivity index (χ4n) is 1.42. The van der Waals surface area contributed by atoms with Crippen molar-refractivity contribution in [2.24, 2.45) is 5.73 Å². The Kier molecular flexibility index (Phi) is 4.04. The van der Waals surface area contributed by atoms with Crippen molar-refractivity contribution in [3.63, 3.8) is 0 Å². The zero-order chi connectivity index (χ0) is 12.3. The van der Waals surface area contributed by atoms with E-state index in [9.17, 15) is 9.90 Å². The molecule has 0 radical (unpaired) electrons. The van der Waals surface area contributed by atoms with Gasteiger partial charge in [0.2, 0.25) is 0 Å². The summed E-state index contributed by atoms with van der Waals surface area (Å²) in [6, 6.07) is 5.88. The van der Waals surface area contributed by atoms with Gasteiger partial charge in [0, 0.05) is 0 Å². The lowest BCUT2D eigenvalue weighted by molar-refractivity contribution is -0.141. The first kappa shape index (κ1) is 12.7. The lowest BCUT2D eigenvalue weighted by atomic mass is 9.97. The Morgan fingerprint density at radius 1 is 1.19 bits per heavy atom. The van der Waals surface area contributed by atoms with E-state index in [1.807, 2.05) is 12.1 Å². The molecule has 2 atom stereocenters. The molecule has 1 aromatic rings. The highest BCUT2D eigenvalue weighted by molar-refractivity contribution is 5.74. The summed E-state index contributed by atoms with van der Waals surface area (Å²) in [6.07, 6.45) is -1.17. The molecule has 4 nitrogen and oxygen atoms in total. The van der Waals surface area contributed by atoms with Crippen LogP contribution in [0.5, 0.6) is 0 Å². The van der Waals surface area contributed by atoms with Gasteiger partial charge in [-0.2, -0.15) is 0 Å². The number of rotatable bonds is 4. The number of aliphatic hydroxyl groups is 1. The fourth-order valence-corrected chi connectivity index (χ4v) is 1.42. The minimum absolute atomic E-state index is 0.402. The first-order chi connectivity index (χ1) is 7.43. The molecule has 4 heteroatoms. The van der Waals surface area contributed by atoms with E-state index < -0.39 is 18.1 Å². The molecule has 0 heterocycles. The molecule has 0 bridgehead atoms. The average Bonchev–Trinajstić information content (AvgIpc) is 2.27. The molecule has 0 fully saturated rings. The third-order valence-electron chi connectivity index (χ3n) is 2.57. The second-order valence-corrected chi connectivity index (χ2v) is 4.13. The van der Waals surface area contributed by atoms with Crippen molar-refractivity contribution in [1.82, 2.24) is 0 Å².